The molecule has 0 aliphatic carbocycles. The fourth-order valence-electron chi connectivity index (χ4n) is 4.76. The van der Waals surface area contributed by atoms with Gasteiger partial charge in [-0.2, -0.15) is 0 Å². The Balaban J connectivity index is 1.32. The maximum Gasteiger partial charge on any atom is 0.231 e. The van der Waals surface area contributed by atoms with E-state index in [1.807, 2.05) is 23.1 Å². The predicted molar refractivity (Wildman–Crippen MR) is 140 cm³/mol. The Kier molecular flexibility index (Phi) is 6.31. The van der Waals surface area contributed by atoms with Crippen molar-refractivity contribution in [1.82, 2.24) is 4.90 Å². The average molecular weight is 487 g/mol. The van der Waals surface area contributed by atoms with Gasteiger partial charge < -0.3 is 14.7 Å². The van der Waals surface area contributed by atoms with Gasteiger partial charge in [-0.1, -0.05) is 57.2 Å². The summed E-state index contributed by atoms with van der Waals surface area (Å²) in [6.07, 6.45) is 1.75. The molecule has 0 bridgehead atoms. The largest absolute Gasteiger partial charge is 0.507 e. The standard InChI is InChI=1S/C30H31FN2O3/c1-30(2,3)21-10-8-20(9-11-21)18-27-28(35)22-12-13-26(34)23(29(22)36-27)19-32-14-16-33(17-15-32)25-7-5-4-6-24(25)31/h4-13,18,34H,14-17,19H2,1-3H3/b27-18+. The number of para-hydroxylation sites is 1. The zero-order valence-corrected chi connectivity index (χ0v) is 20.9. The molecule has 3 aromatic rings. The van der Waals surface area contributed by atoms with Crippen molar-refractivity contribution < 1.29 is 19.0 Å². The van der Waals surface area contributed by atoms with Crippen molar-refractivity contribution >= 4 is 17.5 Å². The molecule has 1 fully saturated rings. The van der Waals surface area contributed by atoms with Crippen LogP contribution in [0.4, 0.5) is 10.1 Å². The van der Waals surface area contributed by atoms with Gasteiger partial charge in [0.05, 0.1) is 16.8 Å². The summed E-state index contributed by atoms with van der Waals surface area (Å²) in [6, 6.07) is 18.1. The minimum absolute atomic E-state index is 0.0504. The third-order valence-corrected chi connectivity index (χ3v) is 6.94. The summed E-state index contributed by atoms with van der Waals surface area (Å²) in [7, 11) is 0. The number of phenols is 1. The summed E-state index contributed by atoms with van der Waals surface area (Å²) in [5.41, 5.74) is 3.83. The van der Waals surface area contributed by atoms with Crippen molar-refractivity contribution in [3.8, 4) is 11.5 Å². The Morgan fingerprint density at radius 1 is 0.972 bits per heavy atom. The number of carbonyl (C=O) groups excluding carboxylic acids is 1. The van der Waals surface area contributed by atoms with Crippen LogP contribution < -0.4 is 9.64 Å². The van der Waals surface area contributed by atoms with E-state index in [-0.39, 0.29) is 28.5 Å². The van der Waals surface area contributed by atoms with E-state index in [9.17, 15) is 14.3 Å². The first-order valence-electron chi connectivity index (χ1n) is 12.3. The van der Waals surface area contributed by atoms with Crippen LogP contribution in [0, 0.1) is 5.82 Å². The molecule has 2 heterocycles. The van der Waals surface area contributed by atoms with E-state index in [1.54, 1.807) is 30.3 Å². The van der Waals surface area contributed by atoms with Crippen LogP contribution in [0.2, 0.25) is 0 Å². The number of hydrogen-bond donors (Lipinski definition) is 1. The number of nitrogens with zero attached hydrogens (tertiary/aromatic N) is 2. The second kappa shape index (κ2) is 9.43. The number of aromatic hydroxyl groups is 1. The zero-order valence-electron chi connectivity index (χ0n) is 20.9. The summed E-state index contributed by atoms with van der Waals surface area (Å²) in [5.74, 6) is 0.381. The summed E-state index contributed by atoms with van der Waals surface area (Å²) in [4.78, 5) is 17.3. The van der Waals surface area contributed by atoms with Gasteiger partial charge in [-0.25, -0.2) is 4.39 Å². The van der Waals surface area contributed by atoms with Crippen LogP contribution in [-0.4, -0.2) is 42.0 Å². The lowest BCUT2D eigenvalue weighted by atomic mass is 9.86. The fourth-order valence-corrected chi connectivity index (χ4v) is 4.76. The number of fused-ring (bicyclic) bond motifs is 1. The molecule has 6 heteroatoms. The van der Waals surface area contributed by atoms with Gasteiger partial charge >= 0.3 is 0 Å². The summed E-state index contributed by atoms with van der Waals surface area (Å²) >= 11 is 0. The number of hydrogen-bond acceptors (Lipinski definition) is 5. The van der Waals surface area contributed by atoms with Gasteiger partial charge in [0, 0.05) is 32.7 Å². The molecule has 5 nitrogen and oxygen atoms in total. The molecule has 36 heavy (non-hydrogen) atoms. The number of allylic oxidation sites excluding steroid dienone is 1. The van der Waals surface area contributed by atoms with E-state index in [4.69, 9.17) is 4.74 Å². The third-order valence-electron chi connectivity index (χ3n) is 6.94. The Labute approximate surface area is 211 Å². The van der Waals surface area contributed by atoms with Crippen LogP contribution >= 0.6 is 0 Å². The van der Waals surface area contributed by atoms with E-state index in [2.05, 4.69) is 37.8 Å². The number of benzene rings is 3. The van der Waals surface area contributed by atoms with Gasteiger partial charge in [0.2, 0.25) is 5.78 Å². The number of ketones is 1. The van der Waals surface area contributed by atoms with Crippen molar-refractivity contribution in [2.45, 2.75) is 32.7 Å². The molecule has 0 saturated carbocycles. The lowest BCUT2D eigenvalue weighted by Crippen LogP contribution is -2.46. The lowest BCUT2D eigenvalue weighted by Gasteiger charge is -2.36. The number of piperazine rings is 1. The Morgan fingerprint density at radius 2 is 1.67 bits per heavy atom. The lowest BCUT2D eigenvalue weighted by molar-refractivity contribution is 0.101. The van der Waals surface area contributed by atoms with Crippen LogP contribution in [-0.2, 0) is 12.0 Å². The number of halogens is 1. The average Bonchev–Trinajstić information content (AvgIpc) is 3.17. The summed E-state index contributed by atoms with van der Waals surface area (Å²) in [5, 5.41) is 10.6. The van der Waals surface area contributed by atoms with Gasteiger partial charge in [-0.15, -0.1) is 0 Å². The molecule has 5 rings (SSSR count). The molecular formula is C30H31FN2O3. The SMILES string of the molecule is CC(C)(C)c1ccc(/C=C2/Oc3c(ccc(O)c3CN3CCN(c4ccccc4F)CC3)C2=O)cc1. The van der Waals surface area contributed by atoms with Crippen LogP contribution in [0.1, 0.15) is 47.8 Å². The molecule has 1 saturated heterocycles. The number of phenolic OH excluding ortho intramolecular Hbond substituents is 1. The molecule has 0 unspecified atom stereocenters. The molecule has 0 spiro atoms. The fraction of sp³-hybridized carbons (Fsp3) is 0.300. The summed E-state index contributed by atoms with van der Waals surface area (Å²) in [6.45, 7) is 9.68. The topological polar surface area (TPSA) is 53.0 Å². The second-order valence-electron chi connectivity index (χ2n) is 10.5. The molecule has 0 aromatic heterocycles. The van der Waals surface area contributed by atoms with Crippen molar-refractivity contribution in [3.05, 3.63) is 94.5 Å². The highest BCUT2D eigenvalue weighted by molar-refractivity contribution is 6.15. The highest BCUT2D eigenvalue weighted by atomic mass is 19.1. The van der Waals surface area contributed by atoms with Crippen LogP contribution in [0.5, 0.6) is 11.5 Å². The number of Topliss-reactive ketones (excluding diaryl/α,β-unsaturated/α-hetero) is 1. The van der Waals surface area contributed by atoms with Crippen molar-refractivity contribution in [1.29, 1.82) is 0 Å². The normalized spacial score (nSPS) is 17.4. The number of carbonyl (C=O) groups is 1. The molecule has 186 valence electrons. The van der Waals surface area contributed by atoms with Gasteiger partial charge in [-0.05, 0) is 46.9 Å². The number of rotatable bonds is 4. The second-order valence-corrected chi connectivity index (χ2v) is 10.5. The Bertz CT molecular complexity index is 1320. The maximum absolute atomic E-state index is 14.2. The molecule has 0 radical (unpaired) electrons. The predicted octanol–water partition coefficient (Wildman–Crippen LogP) is 5.77. The van der Waals surface area contributed by atoms with Gasteiger partial charge in [0.15, 0.2) is 5.76 Å². The van der Waals surface area contributed by atoms with Crippen molar-refractivity contribution in [2.75, 3.05) is 31.1 Å². The third kappa shape index (κ3) is 4.73. The summed E-state index contributed by atoms with van der Waals surface area (Å²) < 4.78 is 20.2. The molecule has 0 amide bonds. The van der Waals surface area contributed by atoms with Crippen molar-refractivity contribution in [3.63, 3.8) is 0 Å². The maximum atomic E-state index is 14.2. The monoisotopic (exact) mass is 486 g/mol. The molecule has 2 aliphatic rings. The van der Waals surface area contributed by atoms with Gasteiger partial charge in [-0.3, -0.25) is 9.69 Å². The molecule has 1 N–H and O–H groups in total. The number of ether oxygens (including phenoxy) is 1. The minimum atomic E-state index is -0.219. The van der Waals surface area contributed by atoms with Crippen molar-refractivity contribution in [2.24, 2.45) is 0 Å². The molecular weight excluding hydrogens is 455 g/mol. The van der Waals surface area contributed by atoms with Gasteiger partial charge in [0.25, 0.3) is 0 Å². The molecule has 3 aromatic carbocycles. The first-order chi connectivity index (χ1) is 17.2. The highest BCUT2D eigenvalue weighted by Gasteiger charge is 2.32. The van der Waals surface area contributed by atoms with E-state index in [1.165, 1.54) is 11.6 Å². The van der Waals surface area contributed by atoms with E-state index in [0.717, 1.165) is 5.56 Å². The van der Waals surface area contributed by atoms with E-state index < -0.39 is 0 Å². The first kappa shape index (κ1) is 24.1. The quantitative estimate of drug-likeness (QED) is 0.475. The smallest absolute Gasteiger partial charge is 0.231 e. The van der Waals surface area contributed by atoms with E-state index >= 15 is 0 Å². The Hall–Kier alpha value is -3.64. The van der Waals surface area contributed by atoms with Crippen LogP contribution in [0.3, 0.4) is 0 Å². The molecule has 2 aliphatic heterocycles. The zero-order chi connectivity index (χ0) is 25.4. The van der Waals surface area contributed by atoms with Crippen LogP contribution in [0.25, 0.3) is 6.08 Å². The minimum Gasteiger partial charge on any atom is -0.507 e. The van der Waals surface area contributed by atoms with E-state index in [0.29, 0.717) is 55.3 Å². The Morgan fingerprint density at radius 3 is 2.33 bits per heavy atom. The number of anilines is 1. The van der Waals surface area contributed by atoms with Gasteiger partial charge in [0.1, 0.15) is 17.3 Å². The van der Waals surface area contributed by atoms with Crippen LogP contribution in [0.15, 0.2) is 66.4 Å². The molecule has 0 atom stereocenters. The highest BCUT2D eigenvalue weighted by Crippen LogP contribution is 2.40. The first-order valence-corrected chi connectivity index (χ1v) is 12.3.